The molecule has 148 valence electrons. The maximum absolute atomic E-state index is 12.4. The number of carbonyl (C=O) groups is 1. The van der Waals surface area contributed by atoms with Crippen LogP contribution in [0.15, 0.2) is 30.5 Å². The Kier molecular flexibility index (Phi) is 6.15. The number of anilines is 1. The lowest BCUT2D eigenvalue weighted by atomic mass is 9.94. The fourth-order valence-electron chi connectivity index (χ4n) is 3.91. The van der Waals surface area contributed by atoms with Crippen LogP contribution in [0.1, 0.15) is 39.2 Å². The van der Waals surface area contributed by atoms with Crippen LogP contribution in [-0.2, 0) is 4.79 Å². The van der Waals surface area contributed by atoms with Crippen LogP contribution in [0.5, 0.6) is 0 Å². The van der Waals surface area contributed by atoms with Crippen molar-refractivity contribution in [3.63, 3.8) is 0 Å². The minimum Gasteiger partial charge on any atom is -0.369 e. The van der Waals surface area contributed by atoms with Crippen molar-refractivity contribution in [3.05, 3.63) is 36.0 Å². The van der Waals surface area contributed by atoms with Crippen molar-refractivity contribution >= 4 is 22.5 Å². The van der Waals surface area contributed by atoms with Crippen molar-refractivity contribution < 1.29 is 4.79 Å². The third-order valence-electron chi connectivity index (χ3n) is 5.51. The third kappa shape index (κ3) is 4.42. The van der Waals surface area contributed by atoms with Crippen LogP contribution in [0.25, 0.3) is 10.9 Å². The first kappa shape index (κ1) is 20.1. The van der Waals surface area contributed by atoms with Crippen LogP contribution in [0.3, 0.4) is 0 Å². The first-order valence-corrected chi connectivity index (χ1v) is 9.96. The highest BCUT2D eigenvalue weighted by Crippen LogP contribution is 2.31. The fraction of sp³-hybridized carbons (Fsp3) is 0.500. The number of pyridine rings is 1. The molecule has 0 spiro atoms. The molecule has 1 unspecified atom stereocenters. The van der Waals surface area contributed by atoms with E-state index in [1.807, 2.05) is 38.1 Å². The number of nitriles is 1. The van der Waals surface area contributed by atoms with Crippen molar-refractivity contribution in [2.75, 3.05) is 18.0 Å². The lowest BCUT2D eigenvalue weighted by Crippen LogP contribution is -2.51. The van der Waals surface area contributed by atoms with E-state index >= 15 is 0 Å². The quantitative estimate of drug-likeness (QED) is 0.833. The zero-order valence-electron chi connectivity index (χ0n) is 16.9. The molecule has 3 N–H and O–H groups in total. The summed E-state index contributed by atoms with van der Waals surface area (Å²) >= 11 is 0. The Hall–Kier alpha value is -2.65. The van der Waals surface area contributed by atoms with Gasteiger partial charge in [-0.1, -0.05) is 20.8 Å². The van der Waals surface area contributed by atoms with Crippen molar-refractivity contribution in [1.82, 2.24) is 10.3 Å². The Labute approximate surface area is 166 Å². The van der Waals surface area contributed by atoms with Gasteiger partial charge in [-0.3, -0.25) is 9.78 Å². The first-order valence-electron chi connectivity index (χ1n) is 9.96. The van der Waals surface area contributed by atoms with Gasteiger partial charge < -0.3 is 16.0 Å². The van der Waals surface area contributed by atoms with E-state index in [2.05, 4.69) is 28.2 Å². The second-order valence-electron chi connectivity index (χ2n) is 8.27. The average molecular weight is 380 g/mol. The highest BCUT2D eigenvalue weighted by atomic mass is 16.1. The third-order valence-corrected chi connectivity index (χ3v) is 5.51. The number of carbonyl (C=O) groups excluding carboxylic acids is 1. The van der Waals surface area contributed by atoms with E-state index in [4.69, 9.17) is 5.73 Å². The van der Waals surface area contributed by atoms with Crippen LogP contribution < -0.4 is 16.0 Å². The number of hydrogen-bond acceptors (Lipinski definition) is 5. The van der Waals surface area contributed by atoms with E-state index in [0.717, 1.165) is 36.1 Å². The predicted octanol–water partition coefficient (Wildman–Crippen LogP) is 2.81. The Morgan fingerprint density at radius 1 is 1.39 bits per heavy atom. The van der Waals surface area contributed by atoms with Gasteiger partial charge in [-0.05, 0) is 42.5 Å². The topological polar surface area (TPSA) is 95.0 Å². The zero-order chi connectivity index (χ0) is 20.3. The fourth-order valence-corrected chi connectivity index (χ4v) is 3.91. The largest absolute Gasteiger partial charge is 0.369 e. The van der Waals surface area contributed by atoms with E-state index < -0.39 is 0 Å². The van der Waals surface area contributed by atoms with Gasteiger partial charge in [0.1, 0.15) is 6.07 Å². The van der Waals surface area contributed by atoms with Gasteiger partial charge in [-0.15, -0.1) is 0 Å². The average Bonchev–Trinajstić information content (AvgIpc) is 2.66. The number of benzene rings is 1. The number of nitrogens with one attached hydrogen (secondary N) is 1. The van der Waals surface area contributed by atoms with Gasteiger partial charge in [0.25, 0.3) is 0 Å². The van der Waals surface area contributed by atoms with Gasteiger partial charge >= 0.3 is 0 Å². The number of nitrogens with zero attached hydrogens (tertiary/aromatic N) is 3. The summed E-state index contributed by atoms with van der Waals surface area (Å²) < 4.78 is 0. The number of fused-ring (bicyclic) bond motifs is 1. The number of rotatable bonds is 5. The Balaban J connectivity index is 1.79. The summed E-state index contributed by atoms with van der Waals surface area (Å²) in [6.07, 6.45) is 3.02. The summed E-state index contributed by atoms with van der Waals surface area (Å²) in [5.74, 6) is 0.747. The Morgan fingerprint density at radius 3 is 2.89 bits per heavy atom. The van der Waals surface area contributed by atoms with E-state index in [1.165, 1.54) is 0 Å². The van der Waals surface area contributed by atoms with Gasteiger partial charge in [0.2, 0.25) is 5.91 Å². The lowest BCUT2D eigenvalue weighted by Gasteiger charge is -2.39. The molecule has 1 aliphatic heterocycles. The molecule has 1 aromatic heterocycles. The molecule has 0 bridgehead atoms. The second-order valence-corrected chi connectivity index (χ2v) is 8.27. The number of hydrogen-bond donors (Lipinski definition) is 2. The van der Waals surface area contributed by atoms with Crippen molar-refractivity contribution in [1.29, 1.82) is 5.26 Å². The maximum atomic E-state index is 12.4. The van der Waals surface area contributed by atoms with Crippen LogP contribution in [0.2, 0.25) is 0 Å². The molecule has 2 heterocycles. The number of piperidine rings is 1. The summed E-state index contributed by atoms with van der Waals surface area (Å²) in [7, 11) is 0. The molecule has 3 atom stereocenters. The van der Waals surface area contributed by atoms with E-state index in [1.54, 1.807) is 6.20 Å². The van der Waals surface area contributed by atoms with Crippen molar-refractivity contribution in [3.8, 4) is 6.07 Å². The van der Waals surface area contributed by atoms with Gasteiger partial charge in [0.05, 0.1) is 11.1 Å². The molecule has 3 rings (SSSR count). The van der Waals surface area contributed by atoms with E-state index in [0.29, 0.717) is 17.9 Å². The lowest BCUT2D eigenvalue weighted by molar-refractivity contribution is -0.122. The maximum Gasteiger partial charge on any atom is 0.221 e. The Bertz CT molecular complexity index is 888. The standard InChI is InChI=1S/C22H29N5O/c1-14(2)19(24)10-21(28)26-17-9-15(3)12-27(13-17)20-7-6-16(11-23)22-18(20)5-4-8-25-22/h4-8,14-15,17,19H,9-10,12-13,24H2,1-3H3,(H,26,28)/t15-,17+,19?/m0/s1. The summed E-state index contributed by atoms with van der Waals surface area (Å²) in [4.78, 5) is 19.1. The van der Waals surface area contributed by atoms with Crippen LogP contribution in [0, 0.1) is 23.2 Å². The molecule has 1 aliphatic rings. The molecule has 0 saturated carbocycles. The molecular formula is C22H29N5O. The number of aromatic nitrogens is 1. The summed E-state index contributed by atoms with van der Waals surface area (Å²) in [5.41, 5.74) is 8.42. The molecule has 1 aromatic carbocycles. The monoisotopic (exact) mass is 379 g/mol. The van der Waals surface area contributed by atoms with Gasteiger partial charge in [0.15, 0.2) is 0 Å². The summed E-state index contributed by atoms with van der Waals surface area (Å²) in [6.45, 7) is 7.92. The first-order chi connectivity index (χ1) is 13.4. The summed E-state index contributed by atoms with van der Waals surface area (Å²) in [5, 5.41) is 13.5. The van der Waals surface area contributed by atoms with Crippen molar-refractivity contribution in [2.24, 2.45) is 17.6 Å². The van der Waals surface area contributed by atoms with Gasteiger partial charge in [0, 0.05) is 48.9 Å². The summed E-state index contributed by atoms with van der Waals surface area (Å²) in [6, 6.07) is 9.91. The van der Waals surface area contributed by atoms with Crippen molar-refractivity contribution in [2.45, 2.75) is 45.7 Å². The smallest absolute Gasteiger partial charge is 0.221 e. The molecule has 0 aliphatic carbocycles. The molecule has 6 nitrogen and oxygen atoms in total. The zero-order valence-corrected chi connectivity index (χ0v) is 16.9. The molecule has 2 aromatic rings. The number of amides is 1. The van der Waals surface area contributed by atoms with Crippen LogP contribution in [0.4, 0.5) is 5.69 Å². The molecule has 1 saturated heterocycles. The van der Waals surface area contributed by atoms with E-state index in [9.17, 15) is 10.1 Å². The molecule has 1 amide bonds. The van der Waals surface area contributed by atoms with Crippen LogP contribution in [-0.4, -0.2) is 36.1 Å². The molecule has 6 heteroatoms. The van der Waals surface area contributed by atoms with Gasteiger partial charge in [-0.25, -0.2) is 0 Å². The number of nitrogens with two attached hydrogens (primary N) is 1. The van der Waals surface area contributed by atoms with E-state index in [-0.39, 0.29) is 23.9 Å². The normalized spacial score (nSPS) is 20.8. The molecule has 1 fully saturated rings. The predicted molar refractivity (Wildman–Crippen MR) is 112 cm³/mol. The second kappa shape index (κ2) is 8.57. The highest BCUT2D eigenvalue weighted by molar-refractivity contribution is 5.95. The molecule has 28 heavy (non-hydrogen) atoms. The Morgan fingerprint density at radius 2 is 2.18 bits per heavy atom. The molecular weight excluding hydrogens is 350 g/mol. The minimum absolute atomic E-state index is 0.0200. The highest BCUT2D eigenvalue weighted by Gasteiger charge is 2.28. The minimum atomic E-state index is -0.120. The SMILES string of the molecule is CC(C)C(N)CC(=O)N[C@@H]1C[C@H](C)CN(c2ccc(C#N)c3ncccc23)C1. The van der Waals surface area contributed by atoms with Crippen LogP contribution >= 0.6 is 0 Å². The molecule has 0 radical (unpaired) electrons. The van der Waals surface area contributed by atoms with Gasteiger partial charge in [-0.2, -0.15) is 5.26 Å².